The highest BCUT2D eigenvalue weighted by atomic mass is 16.5. The highest BCUT2D eigenvalue weighted by Crippen LogP contribution is 2.40. The zero-order valence-electron chi connectivity index (χ0n) is 23.6. The first-order valence-corrected chi connectivity index (χ1v) is 14.2. The minimum Gasteiger partial charge on any atom is -0.493 e. The molecule has 1 amide bonds. The van der Waals surface area contributed by atoms with Gasteiger partial charge in [0.1, 0.15) is 12.4 Å². The Balaban J connectivity index is 1.45. The number of rotatable bonds is 12. The number of pyridine rings is 1. The van der Waals surface area contributed by atoms with Crippen LogP contribution in [-0.2, 0) is 16.0 Å². The first-order valence-electron chi connectivity index (χ1n) is 14.2. The third-order valence-corrected chi connectivity index (χ3v) is 7.99. The minimum absolute atomic E-state index is 0.0624. The molecule has 0 saturated carbocycles. The summed E-state index contributed by atoms with van der Waals surface area (Å²) in [4.78, 5) is 34.6. The van der Waals surface area contributed by atoms with Gasteiger partial charge >= 0.3 is 5.97 Å². The summed E-state index contributed by atoms with van der Waals surface area (Å²) in [6.07, 6.45) is 5.96. The number of anilines is 1. The number of para-hydroxylation sites is 2. The average Bonchev–Trinajstić information content (AvgIpc) is 3.61. The number of carboxylic acid groups (broad SMARTS) is 1. The fourth-order valence-corrected chi connectivity index (χ4v) is 5.87. The van der Waals surface area contributed by atoms with Gasteiger partial charge in [0.15, 0.2) is 11.5 Å². The molecule has 1 aromatic heterocycles. The van der Waals surface area contributed by atoms with Gasteiger partial charge in [-0.3, -0.25) is 19.5 Å². The lowest BCUT2D eigenvalue weighted by Crippen LogP contribution is -2.46. The fourth-order valence-electron chi connectivity index (χ4n) is 5.87. The van der Waals surface area contributed by atoms with Crippen molar-refractivity contribution >= 4 is 17.6 Å². The summed E-state index contributed by atoms with van der Waals surface area (Å²) < 4.78 is 17.3. The van der Waals surface area contributed by atoms with Gasteiger partial charge < -0.3 is 24.2 Å². The van der Waals surface area contributed by atoms with E-state index in [9.17, 15) is 14.7 Å². The van der Waals surface area contributed by atoms with Gasteiger partial charge in [0.05, 0.1) is 44.1 Å². The van der Waals surface area contributed by atoms with E-state index < -0.39 is 17.9 Å². The first-order chi connectivity index (χ1) is 20.0. The molecule has 1 N–H and O–H groups in total. The number of carboxylic acids is 1. The quantitative estimate of drug-likeness (QED) is 0.348. The van der Waals surface area contributed by atoms with Gasteiger partial charge in [0.25, 0.3) is 0 Å². The second-order valence-corrected chi connectivity index (χ2v) is 10.5. The van der Waals surface area contributed by atoms with E-state index in [0.29, 0.717) is 31.2 Å². The van der Waals surface area contributed by atoms with Gasteiger partial charge in [-0.25, -0.2) is 0 Å². The number of nitrogens with zero attached hydrogens (tertiary/aromatic N) is 3. The third kappa shape index (κ3) is 6.30. The molecule has 9 heteroatoms. The minimum atomic E-state index is -0.912. The Bertz CT molecular complexity index is 1350. The standard InChI is InChI=1S/C32H37N3O6/c1-3-4-15-35(24-8-7-14-33-18-24)30(36)20-34-19-25(22-11-12-27-23(17-22)13-16-40-27)31(32(37)38)26(34)21-41-29-10-6-5-9-28(29)39-2/h5-12,14,17-18,25-26,31H,3-4,13,15-16,19-21H2,1-2H3,(H,37,38). The molecule has 41 heavy (non-hydrogen) atoms. The summed E-state index contributed by atoms with van der Waals surface area (Å²) in [7, 11) is 1.57. The number of carbonyl (C=O) groups is 2. The third-order valence-electron chi connectivity index (χ3n) is 7.99. The zero-order chi connectivity index (χ0) is 28.8. The van der Waals surface area contributed by atoms with Crippen LogP contribution in [0.15, 0.2) is 67.0 Å². The van der Waals surface area contributed by atoms with Crippen molar-refractivity contribution in [1.82, 2.24) is 9.88 Å². The lowest BCUT2D eigenvalue weighted by atomic mass is 9.84. The topological polar surface area (TPSA) is 101 Å². The summed E-state index contributed by atoms with van der Waals surface area (Å²) >= 11 is 0. The molecule has 2 aromatic carbocycles. The Morgan fingerprint density at radius 3 is 2.71 bits per heavy atom. The molecule has 3 heterocycles. The molecule has 2 aliphatic rings. The van der Waals surface area contributed by atoms with E-state index in [1.54, 1.807) is 36.5 Å². The molecular weight excluding hydrogens is 522 g/mol. The SMILES string of the molecule is CCCCN(C(=O)CN1CC(c2ccc3c(c2)CCO3)C(C(=O)O)C1COc1ccccc1OC)c1cccnc1. The van der Waals surface area contributed by atoms with E-state index >= 15 is 0 Å². The van der Waals surface area contributed by atoms with Crippen LogP contribution in [0.2, 0.25) is 0 Å². The van der Waals surface area contributed by atoms with E-state index in [1.807, 2.05) is 41.3 Å². The van der Waals surface area contributed by atoms with Crippen molar-refractivity contribution < 1.29 is 28.9 Å². The van der Waals surface area contributed by atoms with Crippen LogP contribution >= 0.6 is 0 Å². The van der Waals surface area contributed by atoms with Crippen molar-refractivity contribution in [1.29, 1.82) is 0 Å². The van der Waals surface area contributed by atoms with Crippen LogP contribution < -0.4 is 19.1 Å². The normalized spacial score (nSPS) is 19.8. The monoisotopic (exact) mass is 559 g/mol. The van der Waals surface area contributed by atoms with Crippen molar-refractivity contribution in [3.05, 3.63) is 78.1 Å². The Hall–Kier alpha value is -4.11. The number of likely N-dealkylation sites (tertiary alicyclic amines) is 1. The number of fused-ring (bicyclic) bond motifs is 1. The maximum absolute atomic E-state index is 13.8. The van der Waals surface area contributed by atoms with E-state index in [2.05, 4.69) is 18.0 Å². The summed E-state index contributed by atoms with van der Waals surface area (Å²) in [6.45, 7) is 3.85. The molecule has 216 valence electrons. The van der Waals surface area contributed by atoms with Gasteiger partial charge in [-0.1, -0.05) is 37.6 Å². The maximum Gasteiger partial charge on any atom is 0.308 e. The van der Waals surface area contributed by atoms with Crippen LogP contribution in [0, 0.1) is 5.92 Å². The number of aliphatic carboxylic acids is 1. The second-order valence-electron chi connectivity index (χ2n) is 10.5. The lowest BCUT2D eigenvalue weighted by Gasteiger charge is -2.29. The van der Waals surface area contributed by atoms with Crippen molar-refractivity contribution in [2.75, 3.05) is 44.9 Å². The van der Waals surface area contributed by atoms with E-state index in [0.717, 1.165) is 41.8 Å². The number of hydrogen-bond donors (Lipinski definition) is 1. The lowest BCUT2D eigenvalue weighted by molar-refractivity contribution is -0.143. The van der Waals surface area contributed by atoms with Gasteiger partial charge in [0.2, 0.25) is 5.91 Å². The molecule has 5 rings (SSSR count). The summed E-state index contributed by atoms with van der Waals surface area (Å²) in [5.74, 6) is -0.155. The zero-order valence-corrected chi connectivity index (χ0v) is 23.6. The van der Waals surface area contributed by atoms with Crippen LogP contribution in [0.4, 0.5) is 5.69 Å². The molecule has 3 unspecified atom stereocenters. The van der Waals surface area contributed by atoms with Crippen molar-refractivity contribution in [2.45, 2.75) is 38.1 Å². The summed E-state index contributed by atoms with van der Waals surface area (Å²) in [5, 5.41) is 10.5. The summed E-state index contributed by atoms with van der Waals surface area (Å²) in [6, 6.07) is 16.4. The van der Waals surface area contributed by atoms with Gasteiger partial charge in [-0.05, 0) is 47.9 Å². The largest absolute Gasteiger partial charge is 0.493 e. The molecule has 0 aliphatic carbocycles. The number of benzene rings is 2. The number of aromatic nitrogens is 1. The van der Waals surface area contributed by atoms with Crippen molar-refractivity contribution in [3.8, 4) is 17.2 Å². The van der Waals surface area contributed by atoms with Gasteiger partial charge in [-0.15, -0.1) is 0 Å². The van der Waals surface area contributed by atoms with Crippen LogP contribution in [0.3, 0.4) is 0 Å². The molecular formula is C32H37N3O6. The highest BCUT2D eigenvalue weighted by molar-refractivity contribution is 5.94. The molecule has 9 nitrogen and oxygen atoms in total. The van der Waals surface area contributed by atoms with Gasteiger partial charge in [-0.2, -0.15) is 0 Å². The summed E-state index contributed by atoms with van der Waals surface area (Å²) in [5.41, 5.74) is 2.76. The molecule has 0 spiro atoms. The Labute approximate surface area is 240 Å². The maximum atomic E-state index is 13.8. The molecule has 1 saturated heterocycles. The average molecular weight is 560 g/mol. The number of hydrogen-bond acceptors (Lipinski definition) is 7. The Kier molecular flexibility index (Phi) is 9.04. The predicted molar refractivity (Wildman–Crippen MR) is 155 cm³/mol. The Morgan fingerprint density at radius 1 is 1.15 bits per heavy atom. The highest BCUT2D eigenvalue weighted by Gasteiger charge is 2.48. The Morgan fingerprint density at radius 2 is 1.98 bits per heavy atom. The van der Waals surface area contributed by atoms with E-state index in [1.165, 1.54) is 0 Å². The predicted octanol–water partition coefficient (Wildman–Crippen LogP) is 4.41. The number of methoxy groups -OCH3 is 1. The second kappa shape index (κ2) is 13.0. The molecule has 3 atom stereocenters. The number of amides is 1. The number of carbonyl (C=O) groups excluding carboxylic acids is 1. The van der Waals surface area contributed by atoms with Crippen molar-refractivity contribution in [3.63, 3.8) is 0 Å². The molecule has 2 aliphatic heterocycles. The van der Waals surface area contributed by atoms with Crippen molar-refractivity contribution in [2.24, 2.45) is 5.92 Å². The van der Waals surface area contributed by atoms with Crippen LogP contribution in [0.25, 0.3) is 0 Å². The van der Waals surface area contributed by atoms with Crippen LogP contribution in [0.1, 0.15) is 36.8 Å². The smallest absolute Gasteiger partial charge is 0.308 e. The van der Waals surface area contributed by atoms with Crippen LogP contribution in [0.5, 0.6) is 17.2 Å². The molecule has 1 fully saturated rings. The number of ether oxygens (including phenoxy) is 3. The number of unbranched alkanes of at least 4 members (excludes halogenated alkanes) is 1. The first kappa shape index (κ1) is 28.4. The molecule has 3 aromatic rings. The molecule has 0 radical (unpaired) electrons. The van der Waals surface area contributed by atoms with Crippen LogP contribution in [-0.4, -0.2) is 72.9 Å². The fraction of sp³-hybridized carbons (Fsp3) is 0.406. The van der Waals surface area contributed by atoms with E-state index in [-0.39, 0.29) is 25.0 Å². The van der Waals surface area contributed by atoms with E-state index in [4.69, 9.17) is 14.2 Å². The molecule has 0 bridgehead atoms. The van der Waals surface area contributed by atoms with Gasteiger partial charge in [0, 0.05) is 31.6 Å².